The van der Waals surface area contributed by atoms with Crippen LogP contribution in [0.15, 0.2) is 18.3 Å². The fourth-order valence-corrected chi connectivity index (χ4v) is 3.13. The average Bonchev–Trinajstić information content (AvgIpc) is 2.55. The van der Waals surface area contributed by atoms with Crippen molar-refractivity contribution >= 4 is 15.8 Å². The van der Waals surface area contributed by atoms with Crippen LogP contribution < -0.4 is 9.62 Å². The summed E-state index contributed by atoms with van der Waals surface area (Å²) >= 11 is 0. The van der Waals surface area contributed by atoms with Gasteiger partial charge in [0.2, 0.25) is 10.0 Å². The van der Waals surface area contributed by atoms with Crippen molar-refractivity contribution in [2.24, 2.45) is 0 Å². The Morgan fingerprint density at radius 1 is 1.32 bits per heavy atom. The Hall–Kier alpha value is -1.69. The van der Waals surface area contributed by atoms with Gasteiger partial charge < -0.3 is 4.90 Å². The Labute approximate surface area is 131 Å². The van der Waals surface area contributed by atoms with Gasteiger partial charge in [0.15, 0.2) is 0 Å². The molecule has 7 nitrogen and oxygen atoms in total. The Kier molecular flexibility index (Phi) is 5.71. The van der Waals surface area contributed by atoms with E-state index in [0.717, 1.165) is 38.5 Å². The van der Waals surface area contributed by atoms with Crippen molar-refractivity contribution in [2.45, 2.75) is 6.42 Å². The minimum Gasteiger partial charge on any atom is -0.354 e. The van der Waals surface area contributed by atoms with Gasteiger partial charge >= 0.3 is 0 Å². The summed E-state index contributed by atoms with van der Waals surface area (Å²) in [6.45, 7) is 4.29. The highest BCUT2D eigenvalue weighted by molar-refractivity contribution is 7.89. The number of sulfonamides is 1. The lowest BCUT2D eigenvalue weighted by molar-refractivity contribution is 0.258. The van der Waals surface area contributed by atoms with Gasteiger partial charge in [0.1, 0.15) is 11.9 Å². The molecule has 2 rings (SSSR count). The SMILES string of the molecule is CNS(=O)(=O)CCCN1CCN(c2ccc(C#N)cn2)CC1. The molecule has 0 saturated carbocycles. The first kappa shape index (κ1) is 16.7. The number of aromatic nitrogens is 1. The van der Waals surface area contributed by atoms with Crippen LogP contribution in [0.2, 0.25) is 0 Å². The molecule has 0 radical (unpaired) electrons. The molecule has 1 aromatic heterocycles. The predicted molar refractivity (Wildman–Crippen MR) is 85.1 cm³/mol. The quantitative estimate of drug-likeness (QED) is 0.793. The van der Waals surface area contributed by atoms with Crippen molar-refractivity contribution in [3.05, 3.63) is 23.9 Å². The molecule has 0 spiro atoms. The minimum absolute atomic E-state index is 0.168. The highest BCUT2D eigenvalue weighted by atomic mass is 32.2. The maximum Gasteiger partial charge on any atom is 0.211 e. The lowest BCUT2D eigenvalue weighted by Crippen LogP contribution is -2.47. The number of hydrogen-bond acceptors (Lipinski definition) is 6. The second-order valence-electron chi connectivity index (χ2n) is 5.22. The summed E-state index contributed by atoms with van der Waals surface area (Å²) in [7, 11) is -1.66. The van der Waals surface area contributed by atoms with Crippen LogP contribution in [0.3, 0.4) is 0 Å². The first-order chi connectivity index (χ1) is 10.5. The van der Waals surface area contributed by atoms with E-state index < -0.39 is 10.0 Å². The van der Waals surface area contributed by atoms with Crippen molar-refractivity contribution in [3.63, 3.8) is 0 Å². The Balaban J connectivity index is 1.77. The first-order valence-electron chi connectivity index (χ1n) is 7.29. The van der Waals surface area contributed by atoms with Crippen LogP contribution in [0.1, 0.15) is 12.0 Å². The third-order valence-electron chi connectivity index (χ3n) is 3.77. The molecule has 0 aliphatic carbocycles. The van der Waals surface area contributed by atoms with Crippen LogP contribution in [0.25, 0.3) is 0 Å². The van der Waals surface area contributed by atoms with E-state index >= 15 is 0 Å². The van der Waals surface area contributed by atoms with Crippen molar-refractivity contribution < 1.29 is 8.42 Å². The van der Waals surface area contributed by atoms with Crippen molar-refractivity contribution in [1.82, 2.24) is 14.6 Å². The first-order valence-corrected chi connectivity index (χ1v) is 8.94. The van der Waals surface area contributed by atoms with Gasteiger partial charge in [0.05, 0.1) is 11.3 Å². The molecule has 0 atom stereocenters. The number of piperazine rings is 1. The largest absolute Gasteiger partial charge is 0.354 e. The van der Waals surface area contributed by atoms with E-state index in [2.05, 4.69) is 25.6 Å². The second-order valence-corrected chi connectivity index (χ2v) is 7.27. The molecule has 1 aliphatic rings. The molecular formula is C14H21N5O2S. The summed E-state index contributed by atoms with van der Waals surface area (Å²) in [6.07, 6.45) is 2.22. The average molecular weight is 323 g/mol. The Bertz CT molecular complexity index is 616. The summed E-state index contributed by atoms with van der Waals surface area (Å²) < 4.78 is 25.1. The van der Waals surface area contributed by atoms with Crippen LogP contribution in [0, 0.1) is 11.3 Å². The van der Waals surface area contributed by atoms with E-state index in [1.807, 2.05) is 6.07 Å². The summed E-state index contributed by atoms with van der Waals surface area (Å²) in [5.74, 6) is 1.05. The number of hydrogen-bond donors (Lipinski definition) is 1. The zero-order chi connectivity index (χ0) is 16.0. The molecule has 8 heteroatoms. The van der Waals surface area contributed by atoms with Gasteiger partial charge in [-0.05, 0) is 32.1 Å². The van der Waals surface area contributed by atoms with Crippen molar-refractivity contribution in [3.8, 4) is 6.07 Å². The molecular weight excluding hydrogens is 302 g/mol. The van der Waals surface area contributed by atoms with Gasteiger partial charge in [-0.2, -0.15) is 5.26 Å². The Morgan fingerprint density at radius 2 is 2.05 bits per heavy atom. The highest BCUT2D eigenvalue weighted by Crippen LogP contribution is 2.14. The molecule has 1 N–H and O–H groups in total. The van der Waals surface area contributed by atoms with E-state index in [0.29, 0.717) is 12.0 Å². The molecule has 1 saturated heterocycles. The van der Waals surface area contributed by atoms with Gasteiger partial charge in [0, 0.05) is 32.4 Å². The summed E-state index contributed by atoms with van der Waals surface area (Å²) in [5, 5.41) is 8.77. The molecule has 0 unspecified atom stereocenters. The normalized spacial score (nSPS) is 16.5. The zero-order valence-corrected chi connectivity index (χ0v) is 13.5. The standard InChI is InChI=1S/C14H21N5O2S/c1-16-22(20,21)10-2-5-18-6-8-19(9-7-18)14-4-3-13(11-15)12-17-14/h3-4,12,16H,2,5-10H2,1H3. The molecule has 2 heterocycles. The van der Waals surface area contributed by atoms with E-state index in [1.54, 1.807) is 12.3 Å². The third-order valence-corrected chi connectivity index (χ3v) is 5.22. The molecule has 1 fully saturated rings. The third kappa shape index (κ3) is 4.66. The molecule has 1 aromatic rings. The fraction of sp³-hybridized carbons (Fsp3) is 0.571. The summed E-state index contributed by atoms with van der Waals surface area (Å²) in [5.41, 5.74) is 0.563. The fourth-order valence-electron chi connectivity index (χ4n) is 2.42. The molecule has 0 amide bonds. The predicted octanol–water partition coefficient (Wildman–Crippen LogP) is 0.0146. The van der Waals surface area contributed by atoms with Crippen molar-refractivity contribution in [2.75, 3.05) is 50.4 Å². The molecule has 120 valence electrons. The number of nitrogens with zero attached hydrogens (tertiary/aromatic N) is 4. The van der Waals surface area contributed by atoms with E-state index in [1.165, 1.54) is 7.05 Å². The van der Waals surface area contributed by atoms with Gasteiger partial charge in [-0.15, -0.1) is 0 Å². The smallest absolute Gasteiger partial charge is 0.211 e. The van der Waals surface area contributed by atoms with Crippen molar-refractivity contribution in [1.29, 1.82) is 5.26 Å². The van der Waals surface area contributed by atoms with Gasteiger partial charge in [0.25, 0.3) is 0 Å². The summed E-state index contributed by atoms with van der Waals surface area (Å²) in [4.78, 5) is 8.75. The highest BCUT2D eigenvalue weighted by Gasteiger charge is 2.18. The lowest BCUT2D eigenvalue weighted by atomic mass is 10.2. The van der Waals surface area contributed by atoms with Gasteiger partial charge in [-0.25, -0.2) is 18.1 Å². The van der Waals surface area contributed by atoms with Gasteiger partial charge in [-0.1, -0.05) is 0 Å². The lowest BCUT2D eigenvalue weighted by Gasteiger charge is -2.35. The van der Waals surface area contributed by atoms with E-state index in [-0.39, 0.29) is 5.75 Å². The van der Waals surface area contributed by atoms with Crippen LogP contribution >= 0.6 is 0 Å². The molecule has 0 aromatic carbocycles. The monoisotopic (exact) mass is 323 g/mol. The van der Waals surface area contributed by atoms with Crippen LogP contribution in [0.4, 0.5) is 5.82 Å². The van der Waals surface area contributed by atoms with Crippen LogP contribution in [0.5, 0.6) is 0 Å². The maximum absolute atomic E-state index is 11.4. The number of rotatable bonds is 6. The number of anilines is 1. The van der Waals surface area contributed by atoms with E-state index in [9.17, 15) is 8.42 Å². The van der Waals surface area contributed by atoms with Gasteiger partial charge in [-0.3, -0.25) is 4.90 Å². The number of pyridine rings is 1. The maximum atomic E-state index is 11.4. The zero-order valence-electron chi connectivity index (χ0n) is 12.7. The second kappa shape index (κ2) is 7.54. The topological polar surface area (TPSA) is 89.3 Å². The number of nitrogens with one attached hydrogen (secondary N) is 1. The summed E-state index contributed by atoms with van der Waals surface area (Å²) in [6, 6.07) is 5.70. The van der Waals surface area contributed by atoms with Crippen LogP contribution in [-0.4, -0.2) is 63.8 Å². The molecule has 22 heavy (non-hydrogen) atoms. The molecule has 0 bridgehead atoms. The Morgan fingerprint density at radius 3 is 2.59 bits per heavy atom. The minimum atomic E-state index is -3.10. The molecule has 1 aliphatic heterocycles. The number of nitriles is 1. The van der Waals surface area contributed by atoms with Crippen LogP contribution in [-0.2, 0) is 10.0 Å². The van der Waals surface area contributed by atoms with E-state index in [4.69, 9.17) is 5.26 Å².